The average Bonchev–Trinajstić information content (AvgIpc) is 3.08. The highest BCUT2D eigenvalue weighted by Gasteiger charge is 2.25. The van der Waals surface area contributed by atoms with Crippen LogP contribution in [0.15, 0.2) is 16.8 Å². The number of carbonyl (C=O) groups is 1. The largest absolute Gasteiger partial charge is 0.391 e. The molecule has 3 atom stereocenters. The summed E-state index contributed by atoms with van der Waals surface area (Å²) in [6.07, 6.45) is 3.34. The van der Waals surface area contributed by atoms with Crippen molar-refractivity contribution in [1.82, 2.24) is 15.5 Å². The van der Waals surface area contributed by atoms with Gasteiger partial charge in [-0.15, -0.1) is 0 Å². The van der Waals surface area contributed by atoms with Gasteiger partial charge in [0.2, 0.25) is 0 Å². The molecule has 130 valence electrons. The molecule has 5 nitrogen and oxygen atoms in total. The minimum absolute atomic E-state index is 0.114. The van der Waals surface area contributed by atoms with E-state index in [4.69, 9.17) is 0 Å². The molecule has 1 fully saturated rings. The predicted octanol–water partition coefficient (Wildman–Crippen LogP) is 2.73. The summed E-state index contributed by atoms with van der Waals surface area (Å²) in [6.45, 7) is 6.75. The third kappa shape index (κ3) is 5.19. The SMILES string of the molecule is CCN(CC)C(CNC(=O)NC1CCCCC1O)c1ccsc1. The van der Waals surface area contributed by atoms with E-state index in [2.05, 4.69) is 46.2 Å². The topological polar surface area (TPSA) is 64.6 Å². The quantitative estimate of drug-likeness (QED) is 0.716. The van der Waals surface area contributed by atoms with E-state index in [0.29, 0.717) is 6.54 Å². The number of urea groups is 1. The van der Waals surface area contributed by atoms with Crippen molar-refractivity contribution in [3.8, 4) is 0 Å². The van der Waals surface area contributed by atoms with E-state index < -0.39 is 6.10 Å². The van der Waals surface area contributed by atoms with E-state index in [1.807, 2.05) is 0 Å². The first kappa shape index (κ1) is 18.2. The van der Waals surface area contributed by atoms with Gasteiger partial charge in [-0.1, -0.05) is 26.7 Å². The number of aliphatic hydroxyl groups is 1. The van der Waals surface area contributed by atoms with Gasteiger partial charge >= 0.3 is 6.03 Å². The van der Waals surface area contributed by atoms with Crippen LogP contribution in [0.25, 0.3) is 0 Å². The number of carbonyl (C=O) groups excluding carboxylic acids is 1. The van der Waals surface area contributed by atoms with Gasteiger partial charge in [-0.3, -0.25) is 4.90 Å². The molecule has 3 unspecified atom stereocenters. The van der Waals surface area contributed by atoms with Crippen molar-refractivity contribution in [3.63, 3.8) is 0 Å². The maximum atomic E-state index is 12.2. The van der Waals surface area contributed by atoms with Gasteiger partial charge in [0.05, 0.1) is 18.2 Å². The van der Waals surface area contributed by atoms with Crippen molar-refractivity contribution >= 4 is 17.4 Å². The molecule has 1 aliphatic rings. The summed E-state index contributed by atoms with van der Waals surface area (Å²) < 4.78 is 0. The maximum absolute atomic E-state index is 12.2. The maximum Gasteiger partial charge on any atom is 0.315 e. The molecule has 23 heavy (non-hydrogen) atoms. The summed E-state index contributed by atoms with van der Waals surface area (Å²) in [7, 11) is 0. The number of hydrogen-bond donors (Lipinski definition) is 3. The second kappa shape index (κ2) is 9.25. The van der Waals surface area contributed by atoms with Crippen LogP contribution in [0.2, 0.25) is 0 Å². The molecular formula is C17H29N3O2S. The Bertz CT molecular complexity index is 462. The highest BCUT2D eigenvalue weighted by molar-refractivity contribution is 7.07. The van der Waals surface area contributed by atoms with Gasteiger partial charge in [0.15, 0.2) is 0 Å². The molecule has 0 bridgehead atoms. The molecule has 3 N–H and O–H groups in total. The van der Waals surface area contributed by atoms with Crippen molar-refractivity contribution in [3.05, 3.63) is 22.4 Å². The Kier molecular flexibility index (Phi) is 7.33. The number of hydrogen-bond acceptors (Lipinski definition) is 4. The minimum atomic E-state index is -0.412. The zero-order chi connectivity index (χ0) is 16.7. The normalized spacial score (nSPS) is 22.8. The standard InChI is InChI=1S/C17H29N3O2S/c1-3-20(4-2)15(13-9-10-23-12-13)11-18-17(22)19-14-7-5-6-8-16(14)21/h9-10,12,14-16,21H,3-8,11H2,1-2H3,(H2,18,19,22). The van der Waals surface area contributed by atoms with Crippen LogP contribution in [0.1, 0.15) is 51.1 Å². The van der Waals surface area contributed by atoms with E-state index in [1.54, 1.807) is 11.3 Å². The van der Waals surface area contributed by atoms with Gasteiger partial charge in [0.25, 0.3) is 0 Å². The monoisotopic (exact) mass is 339 g/mol. The Morgan fingerprint density at radius 1 is 1.39 bits per heavy atom. The Balaban J connectivity index is 1.88. The van der Waals surface area contributed by atoms with Crippen molar-refractivity contribution in [2.24, 2.45) is 0 Å². The lowest BCUT2D eigenvalue weighted by atomic mass is 9.93. The van der Waals surface area contributed by atoms with Crippen LogP contribution in [0.5, 0.6) is 0 Å². The third-order valence-electron chi connectivity index (χ3n) is 4.68. The first-order valence-electron chi connectivity index (χ1n) is 8.64. The Morgan fingerprint density at radius 3 is 2.74 bits per heavy atom. The summed E-state index contributed by atoms with van der Waals surface area (Å²) in [5, 5.41) is 20.1. The fourth-order valence-electron chi connectivity index (χ4n) is 3.28. The zero-order valence-corrected chi connectivity index (χ0v) is 14.9. The summed E-state index contributed by atoms with van der Waals surface area (Å²) in [5.74, 6) is 0. The Labute approximate surface area is 143 Å². The van der Waals surface area contributed by atoms with Crippen molar-refractivity contribution in [2.45, 2.75) is 57.7 Å². The molecule has 2 amide bonds. The van der Waals surface area contributed by atoms with Crippen LogP contribution in [0, 0.1) is 0 Å². The second-order valence-corrected chi connectivity index (χ2v) is 6.89. The number of aliphatic hydroxyl groups excluding tert-OH is 1. The molecule has 0 aliphatic heterocycles. The van der Waals surface area contributed by atoms with Crippen LogP contribution in [0.4, 0.5) is 4.79 Å². The molecule has 0 spiro atoms. The molecular weight excluding hydrogens is 310 g/mol. The van der Waals surface area contributed by atoms with Crippen LogP contribution in [0.3, 0.4) is 0 Å². The van der Waals surface area contributed by atoms with Crippen LogP contribution in [-0.4, -0.2) is 47.8 Å². The van der Waals surface area contributed by atoms with E-state index in [1.165, 1.54) is 5.56 Å². The van der Waals surface area contributed by atoms with Crippen molar-refractivity contribution in [1.29, 1.82) is 0 Å². The fraction of sp³-hybridized carbons (Fsp3) is 0.706. The third-order valence-corrected chi connectivity index (χ3v) is 5.38. The highest BCUT2D eigenvalue weighted by Crippen LogP contribution is 2.22. The lowest BCUT2D eigenvalue weighted by molar-refractivity contribution is 0.0940. The van der Waals surface area contributed by atoms with Crippen LogP contribution in [-0.2, 0) is 0 Å². The van der Waals surface area contributed by atoms with Crippen LogP contribution >= 0.6 is 11.3 Å². The fourth-order valence-corrected chi connectivity index (χ4v) is 3.98. The van der Waals surface area contributed by atoms with Crippen LogP contribution < -0.4 is 10.6 Å². The molecule has 2 rings (SSSR count). The minimum Gasteiger partial charge on any atom is -0.391 e. The van der Waals surface area contributed by atoms with E-state index in [0.717, 1.165) is 38.8 Å². The van der Waals surface area contributed by atoms with Crippen molar-refractivity contribution in [2.75, 3.05) is 19.6 Å². The van der Waals surface area contributed by atoms with E-state index in [9.17, 15) is 9.90 Å². The summed E-state index contributed by atoms with van der Waals surface area (Å²) in [5.41, 5.74) is 1.25. The average molecular weight is 340 g/mol. The zero-order valence-electron chi connectivity index (χ0n) is 14.1. The first-order chi connectivity index (χ1) is 11.2. The Hall–Kier alpha value is -1.11. The van der Waals surface area contributed by atoms with Gasteiger partial charge < -0.3 is 15.7 Å². The smallest absolute Gasteiger partial charge is 0.315 e. The molecule has 6 heteroatoms. The summed E-state index contributed by atoms with van der Waals surface area (Å²) >= 11 is 1.68. The number of nitrogens with one attached hydrogen (secondary N) is 2. The van der Waals surface area contributed by atoms with E-state index >= 15 is 0 Å². The number of thiophene rings is 1. The lowest BCUT2D eigenvalue weighted by Gasteiger charge is -2.31. The molecule has 0 radical (unpaired) electrons. The highest BCUT2D eigenvalue weighted by atomic mass is 32.1. The molecule has 1 aromatic heterocycles. The van der Waals surface area contributed by atoms with Gasteiger partial charge in [-0.2, -0.15) is 11.3 Å². The van der Waals surface area contributed by atoms with E-state index in [-0.39, 0.29) is 18.1 Å². The molecule has 1 aliphatic carbocycles. The van der Waals surface area contributed by atoms with Gasteiger partial charge in [-0.25, -0.2) is 4.79 Å². The number of nitrogens with zero attached hydrogens (tertiary/aromatic N) is 1. The lowest BCUT2D eigenvalue weighted by Crippen LogP contribution is -2.50. The van der Waals surface area contributed by atoms with Crippen molar-refractivity contribution < 1.29 is 9.90 Å². The van der Waals surface area contributed by atoms with Gasteiger partial charge in [-0.05, 0) is 48.3 Å². The predicted molar refractivity (Wildman–Crippen MR) is 94.8 cm³/mol. The second-order valence-electron chi connectivity index (χ2n) is 6.11. The number of amides is 2. The number of likely N-dealkylation sites (N-methyl/N-ethyl adjacent to an activating group) is 1. The van der Waals surface area contributed by atoms with Gasteiger partial charge in [0, 0.05) is 6.54 Å². The molecule has 0 saturated heterocycles. The van der Waals surface area contributed by atoms with Gasteiger partial charge in [0.1, 0.15) is 0 Å². The Morgan fingerprint density at radius 2 is 2.13 bits per heavy atom. The number of rotatable bonds is 7. The summed E-state index contributed by atoms with van der Waals surface area (Å²) in [4.78, 5) is 14.5. The molecule has 0 aromatic carbocycles. The molecule has 1 aromatic rings. The molecule has 1 saturated carbocycles. The first-order valence-corrected chi connectivity index (χ1v) is 9.58. The molecule has 1 heterocycles. The summed E-state index contributed by atoms with van der Waals surface area (Å²) in [6, 6.07) is 2.02.